The third kappa shape index (κ3) is 3.36. The number of benzene rings is 1. The number of nitrogens with zero attached hydrogens (tertiary/aromatic N) is 4. The van der Waals surface area contributed by atoms with Gasteiger partial charge in [0.15, 0.2) is 0 Å². The van der Waals surface area contributed by atoms with Crippen LogP contribution >= 0.6 is 15.9 Å². The minimum Gasteiger partial charge on any atom is -0.348 e. The van der Waals surface area contributed by atoms with Crippen LogP contribution in [0.2, 0.25) is 0 Å². The molecule has 94 valence electrons. The molecule has 0 saturated carbocycles. The van der Waals surface area contributed by atoms with Crippen molar-refractivity contribution in [2.24, 2.45) is 0 Å². The summed E-state index contributed by atoms with van der Waals surface area (Å²) in [7, 11) is 0. The minimum atomic E-state index is -0.130. The molecule has 6 nitrogen and oxygen atoms in total. The molecule has 0 aliphatic rings. The van der Waals surface area contributed by atoms with Crippen LogP contribution in [0.5, 0.6) is 0 Å². The first kappa shape index (κ1) is 12.7. The molecule has 7 heteroatoms. The third-order valence-corrected chi connectivity index (χ3v) is 2.92. The number of hydrogen-bond acceptors (Lipinski definition) is 4. The largest absolute Gasteiger partial charge is 0.348 e. The Morgan fingerprint density at radius 1 is 1.56 bits per heavy atom. The fourth-order valence-electron chi connectivity index (χ4n) is 1.55. The Morgan fingerprint density at radius 2 is 2.39 bits per heavy atom. The smallest absolute Gasteiger partial charge is 0.242 e. The standard InChI is InChI=1S/C11H12BrN5O/c1-8(9-3-2-4-10(12)5-9)14-11(18)6-17-7-13-15-16-17/h2-5,7-8H,6H2,1H3,(H,14,18). The van der Waals surface area contributed by atoms with Crippen molar-refractivity contribution in [3.05, 3.63) is 40.6 Å². The van der Waals surface area contributed by atoms with Crippen LogP contribution in [0, 0.1) is 0 Å². The number of halogens is 1. The molecule has 0 bridgehead atoms. The van der Waals surface area contributed by atoms with Crippen molar-refractivity contribution in [2.45, 2.75) is 19.5 Å². The van der Waals surface area contributed by atoms with E-state index in [0.29, 0.717) is 0 Å². The highest BCUT2D eigenvalue weighted by atomic mass is 79.9. The van der Waals surface area contributed by atoms with Gasteiger partial charge in [-0.15, -0.1) is 5.10 Å². The lowest BCUT2D eigenvalue weighted by molar-refractivity contribution is -0.122. The first-order chi connectivity index (χ1) is 8.65. The van der Waals surface area contributed by atoms with Crippen molar-refractivity contribution in [3.63, 3.8) is 0 Å². The highest BCUT2D eigenvalue weighted by Crippen LogP contribution is 2.17. The Balaban J connectivity index is 1.95. The van der Waals surface area contributed by atoms with Crippen molar-refractivity contribution in [1.29, 1.82) is 0 Å². The van der Waals surface area contributed by atoms with Crippen LogP contribution in [-0.2, 0) is 11.3 Å². The first-order valence-electron chi connectivity index (χ1n) is 5.41. The zero-order valence-electron chi connectivity index (χ0n) is 9.75. The number of aromatic nitrogens is 4. The number of amides is 1. The molecule has 0 spiro atoms. The first-order valence-corrected chi connectivity index (χ1v) is 6.20. The van der Waals surface area contributed by atoms with Crippen molar-refractivity contribution < 1.29 is 4.79 Å². The van der Waals surface area contributed by atoms with E-state index in [4.69, 9.17) is 0 Å². The number of nitrogens with one attached hydrogen (secondary N) is 1. The van der Waals surface area contributed by atoms with Crippen molar-refractivity contribution in [1.82, 2.24) is 25.5 Å². The van der Waals surface area contributed by atoms with Crippen molar-refractivity contribution in [3.8, 4) is 0 Å². The van der Waals surface area contributed by atoms with Crippen LogP contribution in [0.25, 0.3) is 0 Å². The number of tetrazole rings is 1. The topological polar surface area (TPSA) is 72.7 Å². The molecule has 1 aromatic heterocycles. The summed E-state index contributed by atoms with van der Waals surface area (Å²) in [6.07, 6.45) is 1.41. The van der Waals surface area contributed by atoms with Gasteiger partial charge in [0, 0.05) is 4.47 Å². The lowest BCUT2D eigenvalue weighted by atomic mass is 10.1. The zero-order chi connectivity index (χ0) is 13.0. The molecule has 0 radical (unpaired) electrons. The molecule has 0 fully saturated rings. The van der Waals surface area contributed by atoms with E-state index in [0.717, 1.165) is 10.0 Å². The quantitative estimate of drug-likeness (QED) is 0.924. The van der Waals surface area contributed by atoms with Crippen molar-refractivity contribution in [2.75, 3.05) is 0 Å². The van der Waals surface area contributed by atoms with Gasteiger partial charge in [-0.05, 0) is 35.0 Å². The lowest BCUT2D eigenvalue weighted by Crippen LogP contribution is -2.30. The lowest BCUT2D eigenvalue weighted by Gasteiger charge is -2.14. The molecule has 1 atom stereocenters. The van der Waals surface area contributed by atoms with Gasteiger partial charge in [0.2, 0.25) is 5.91 Å². The molecule has 0 aliphatic heterocycles. The highest BCUT2D eigenvalue weighted by molar-refractivity contribution is 9.10. The molecule has 1 unspecified atom stereocenters. The second-order valence-electron chi connectivity index (χ2n) is 3.85. The molecule has 18 heavy (non-hydrogen) atoms. The highest BCUT2D eigenvalue weighted by Gasteiger charge is 2.10. The van der Waals surface area contributed by atoms with Gasteiger partial charge in [-0.3, -0.25) is 4.79 Å². The second-order valence-corrected chi connectivity index (χ2v) is 4.77. The number of carbonyl (C=O) groups is 1. The van der Waals surface area contributed by atoms with Gasteiger partial charge in [0.25, 0.3) is 0 Å². The summed E-state index contributed by atoms with van der Waals surface area (Å²) in [4.78, 5) is 11.7. The third-order valence-electron chi connectivity index (χ3n) is 2.42. The second kappa shape index (κ2) is 5.72. The summed E-state index contributed by atoms with van der Waals surface area (Å²) in [6.45, 7) is 2.05. The molecule has 1 heterocycles. The van der Waals surface area contributed by atoms with Crippen molar-refractivity contribution >= 4 is 21.8 Å². The van der Waals surface area contributed by atoms with Gasteiger partial charge in [-0.2, -0.15) is 0 Å². The predicted octanol–water partition coefficient (Wildman–Crippen LogP) is 1.31. The summed E-state index contributed by atoms with van der Waals surface area (Å²) in [5, 5.41) is 13.5. The SMILES string of the molecule is CC(NC(=O)Cn1cnnn1)c1cccc(Br)c1. The summed E-state index contributed by atoms with van der Waals surface area (Å²) < 4.78 is 2.37. The van der Waals surface area contributed by atoms with Crippen LogP contribution in [0.15, 0.2) is 35.1 Å². The number of carbonyl (C=O) groups excluding carboxylic acids is 1. The number of hydrogen-bond donors (Lipinski definition) is 1. The zero-order valence-corrected chi connectivity index (χ0v) is 11.3. The Bertz CT molecular complexity index is 528. The molecule has 2 rings (SSSR count). The molecule has 1 N–H and O–H groups in total. The van der Waals surface area contributed by atoms with Gasteiger partial charge in [-0.1, -0.05) is 28.1 Å². The average molecular weight is 310 g/mol. The Hall–Kier alpha value is -1.76. The maximum Gasteiger partial charge on any atom is 0.242 e. The summed E-state index contributed by atoms with van der Waals surface area (Å²) >= 11 is 3.40. The van der Waals surface area contributed by atoms with E-state index < -0.39 is 0 Å². The van der Waals surface area contributed by atoms with E-state index >= 15 is 0 Å². The van der Waals surface area contributed by atoms with E-state index in [2.05, 4.69) is 36.8 Å². The molecular formula is C11H12BrN5O. The monoisotopic (exact) mass is 309 g/mol. The van der Waals surface area contributed by atoms with Crippen LogP contribution < -0.4 is 5.32 Å². The van der Waals surface area contributed by atoms with E-state index in [1.54, 1.807) is 0 Å². The van der Waals surface area contributed by atoms with E-state index in [1.807, 2.05) is 31.2 Å². The fraction of sp³-hybridized carbons (Fsp3) is 0.273. The summed E-state index contributed by atoms with van der Waals surface area (Å²) in [5.74, 6) is -0.130. The minimum absolute atomic E-state index is 0.0634. The van der Waals surface area contributed by atoms with Crippen LogP contribution in [-0.4, -0.2) is 26.1 Å². The average Bonchev–Trinajstić information content (AvgIpc) is 2.81. The molecule has 2 aromatic rings. The Morgan fingerprint density at radius 3 is 3.06 bits per heavy atom. The fourth-order valence-corrected chi connectivity index (χ4v) is 1.96. The Labute approximate surface area is 113 Å². The summed E-state index contributed by atoms with van der Waals surface area (Å²) in [5.41, 5.74) is 1.04. The van der Waals surface area contributed by atoms with E-state index in [9.17, 15) is 4.79 Å². The van der Waals surface area contributed by atoms with E-state index in [-0.39, 0.29) is 18.5 Å². The van der Waals surface area contributed by atoms with Gasteiger partial charge in [-0.25, -0.2) is 4.68 Å². The van der Waals surface area contributed by atoms with Gasteiger partial charge in [0.05, 0.1) is 6.04 Å². The maximum absolute atomic E-state index is 11.7. The van der Waals surface area contributed by atoms with Gasteiger partial charge >= 0.3 is 0 Å². The van der Waals surface area contributed by atoms with Gasteiger partial charge in [0.1, 0.15) is 12.9 Å². The van der Waals surface area contributed by atoms with Crippen LogP contribution in [0.4, 0.5) is 0 Å². The van der Waals surface area contributed by atoms with Crippen LogP contribution in [0.1, 0.15) is 18.5 Å². The molecule has 0 aliphatic carbocycles. The molecule has 1 aromatic carbocycles. The Kier molecular flexibility index (Phi) is 4.03. The predicted molar refractivity (Wildman–Crippen MR) is 68.5 cm³/mol. The maximum atomic E-state index is 11.7. The van der Waals surface area contributed by atoms with Gasteiger partial charge < -0.3 is 5.32 Å². The molecule has 0 saturated heterocycles. The number of rotatable bonds is 4. The van der Waals surface area contributed by atoms with Crippen LogP contribution in [0.3, 0.4) is 0 Å². The normalized spacial score (nSPS) is 12.1. The summed E-state index contributed by atoms with van der Waals surface area (Å²) in [6, 6.07) is 7.75. The molecule has 1 amide bonds. The molecular weight excluding hydrogens is 298 g/mol. The van der Waals surface area contributed by atoms with E-state index in [1.165, 1.54) is 11.0 Å².